The Balaban J connectivity index is 2.97. The topological polar surface area (TPSA) is 140 Å². The third-order valence-electron chi connectivity index (χ3n) is 7.01. The molecule has 0 radical (unpaired) electrons. The second-order valence-electron chi connectivity index (χ2n) is 11.9. The molecule has 0 aliphatic carbocycles. The molecule has 0 aromatic heterocycles. The van der Waals surface area contributed by atoms with Crippen molar-refractivity contribution in [2.24, 2.45) is 16.6 Å². The molecule has 1 aromatic rings. The second-order valence-corrected chi connectivity index (χ2v) is 11.9. The smallest absolute Gasteiger partial charge is 0.458 e. The summed E-state index contributed by atoms with van der Waals surface area (Å²) in [6.07, 6.45) is 0.146. The molecular formula is C30H47NO9. The number of hydrogen-bond donors (Lipinski definition) is 1. The average Bonchev–Trinajstić information content (AvgIpc) is 2.88. The van der Waals surface area contributed by atoms with Crippen molar-refractivity contribution in [2.75, 3.05) is 6.61 Å². The molecule has 0 aliphatic heterocycles. The van der Waals surface area contributed by atoms with Crippen molar-refractivity contribution in [3.05, 3.63) is 23.8 Å². The first kappa shape index (κ1) is 34.9. The Morgan fingerprint density at radius 3 is 1.85 bits per heavy atom. The van der Waals surface area contributed by atoms with Crippen LogP contribution in [0.5, 0.6) is 11.5 Å². The van der Waals surface area contributed by atoms with E-state index in [0.717, 1.165) is 0 Å². The molecule has 226 valence electrons. The van der Waals surface area contributed by atoms with Gasteiger partial charge in [0.1, 0.15) is 24.4 Å². The Bertz CT molecular complexity index is 1050. The maximum absolute atomic E-state index is 12.8. The predicted molar refractivity (Wildman–Crippen MR) is 150 cm³/mol. The Kier molecular flexibility index (Phi) is 12.6. The van der Waals surface area contributed by atoms with Crippen LogP contribution in [-0.2, 0) is 35.0 Å². The summed E-state index contributed by atoms with van der Waals surface area (Å²) in [6.45, 7) is 17.6. The van der Waals surface area contributed by atoms with Crippen molar-refractivity contribution >= 4 is 24.1 Å². The van der Waals surface area contributed by atoms with Gasteiger partial charge in [-0.2, -0.15) is 0 Å². The van der Waals surface area contributed by atoms with Crippen LogP contribution in [0.1, 0.15) is 94.1 Å². The molecule has 40 heavy (non-hydrogen) atoms. The summed E-state index contributed by atoms with van der Waals surface area (Å²) in [6, 6.07) is 3.61. The van der Waals surface area contributed by atoms with Crippen LogP contribution in [0.3, 0.4) is 0 Å². The van der Waals surface area contributed by atoms with E-state index in [1.54, 1.807) is 54.5 Å². The van der Waals surface area contributed by atoms with Gasteiger partial charge < -0.3 is 29.4 Å². The van der Waals surface area contributed by atoms with E-state index in [1.165, 1.54) is 12.1 Å². The van der Waals surface area contributed by atoms with Crippen molar-refractivity contribution < 1.29 is 42.9 Å². The van der Waals surface area contributed by atoms with Crippen LogP contribution in [0.4, 0.5) is 4.79 Å². The molecule has 1 aromatic carbocycles. The van der Waals surface area contributed by atoms with Crippen LogP contribution < -0.4 is 15.2 Å². The number of rotatable bonds is 14. The summed E-state index contributed by atoms with van der Waals surface area (Å²) in [5, 5.41) is 0. The van der Waals surface area contributed by atoms with Gasteiger partial charge in [-0.25, -0.2) is 4.79 Å². The minimum Gasteiger partial charge on any atom is -0.458 e. The number of nitrogens with two attached hydrogens (primary N) is 1. The fourth-order valence-electron chi connectivity index (χ4n) is 2.78. The van der Waals surface area contributed by atoms with E-state index in [-0.39, 0.29) is 24.5 Å². The van der Waals surface area contributed by atoms with Crippen LogP contribution >= 0.6 is 0 Å². The van der Waals surface area contributed by atoms with E-state index < -0.39 is 52.6 Å². The Hall–Kier alpha value is -3.14. The van der Waals surface area contributed by atoms with Gasteiger partial charge in [-0.3, -0.25) is 14.4 Å². The lowest BCUT2D eigenvalue weighted by atomic mass is 9.90. The molecule has 0 heterocycles. The van der Waals surface area contributed by atoms with Gasteiger partial charge in [0.05, 0.1) is 10.8 Å². The van der Waals surface area contributed by atoms with Crippen LogP contribution in [0.25, 0.3) is 0 Å². The monoisotopic (exact) mass is 565 g/mol. The number of ether oxygens (including phenoxy) is 5. The SMILES string of the molecule is CCC(C)(C)OC(=O)OC[C@H](C)OC(=O)[C@@H](N)Cc1ccc(OC(=O)C(C)(C)CC)c(OC(=O)C(C)(C)CC)c1. The van der Waals surface area contributed by atoms with Crippen molar-refractivity contribution in [3.63, 3.8) is 0 Å². The molecule has 0 saturated heterocycles. The summed E-state index contributed by atoms with van der Waals surface area (Å²) >= 11 is 0. The van der Waals surface area contributed by atoms with Gasteiger partial charge in [0.25, 0.3) is 0 Å². The Morgan fingerprint density at radius 1 is 0.825 bits per heavy atom. The van der Waals surface area contributed by atoms with Crippen LogP contribution in [0.2, 0.25) is 0 Å². The van der Waals surface area contributed by atoms with Crippen molar-refractivity contribution in [1.29, 1.82) is 0 Å². The van der Waals surface area contributed by atoms with Crippen LogP contribution in [0.15, 0.2) is 18.2 Å². The van der Waals surface area contributed by atoms with Gasteiger partial charge >= 0.3 is 24.1 Å². The molecule has 2 atom stereocenters. The van der Waals surface area contributed by atoms with Gasteiger partial charge in [0.15, 0.2) is 11.5 Å². The normalized spacial score (nSPS) is 13.6. The summed E-state index contributed by atoms with van der Waals surface area (Å²) in [5.74, 6) is -1.51. The van der Waals surface area contributed by atoms with Crippen LogP contribution in [0, 0.1) is 10.8 Å². The molecule has 0 bridgehead atoms. The largest absolute Gasteiger partial charge is 0.508 e. The molecule has 10 nitrogen and oxygen atoms in total. The predicted octanol–water partition coefficient (Wildman–Crippen LogP) is 5.51. The maximum Gasteiger partial charge on any atom is 0.508 e. The molecule has 0 unspecified atom stereocenters. The molecule has 1 rings (SSSR count). The van der Waals surface area contributed by atoms with Gasteiger partial charge in [0, 0.05) is 0 Å². The van der Waals surface area contributed by atoms with Crippen LogP contribution in [-0.4, -0.2) is 48.4 Å². The van der Waals surface area contributed by atoms with Crippen molar-refractivity contribution in [2.45, 2.75) is 113 Å². The quantitative estimate of drug-likeness (QED) is 0.227. The van der Waals surface area contributed by atoms with Gasteiger partial charge in [-0.15, -0.1) is 0 Å². The second kappa shape index (κ2) is 14.5. The fraction of sp³-hybridized carbons (Fsp3) is 0.667. The first-order chi connectivity index (χ1) is 18.4. The number of benzene rings is 1. The zero-order chi connectivity index (χ0) is 30.9. The highest BCUT2D eigenvalue weighted by Gasteiger charge is 2.32. The summed E-state index contributed by atoms with van der Waals surface area (Å²) in [7, 11) is 0. The average molecular weight is 566 g/mol. The summed E-state index contributed by atoms with van der Waals surface area (Å²) < 4.78 is 26.8. The highest BCUT2D eigenvalue weighted by Crippen LogP contribution is 2.34. The number of esters is 3. The van der Waals surface area contributed by atoms with E-state index in [4.69, 9.17) is 29.4 Å². The standard InChI is InChI=1S/C30H47NO9/c1-11-28(5,6)25(33)38-22-15-14-20(17-23(22)39-26(34)29(7,8)12-2)16-21(31)24(32)37-19(4)18-36-27(35)40-30(9,10)13-3/h14-15,17,19,21H,11-13,16,18,31H2,1-10H3/t19-,21-/m0/s1. The lowest BCUT2D eigenvalue weighted by molar-refractivity contribution is -0.152. The number of carbonyl (C=O) groups excluding carboxylic acids is 4. The van der Waals surface area contributed by atoms with Gasteiger partial charge in [0.2, 0.25) is 0 Å². The van der Waals surface area contributed by atoms with Gasteiger partial charge in [-0.1, -0.05) is 26.8 Å². The number of carbonyl (C=O) groups is 4. The molecule has 0 fully saturated rings. The van der Waals surface area contributed by atoms with E-state index >= 15 is 0 Å². The summed E-state index contributed by atoms with van der Waals surface area (Å²) in [5.41, 5.74) is 4.48. The molecular weight excluding hydrogens is 518 g/mol. The fourth-order valence-corrected chi connectivity index (χ4v) is 2.78. The molecule has 0 aliphatic rings. The van der Waals surface area contributed by atoms with Crippen molar-refractivity contribution in [1.82, 2.24) is 0 Å². The first-order valence-electron chi connectivity index (χ1n) is 13.8. The molecule has 0 saturated carbocycles. The highest BCUT2D eigenvalue weighted by molar-refractivity contribution is 5.81. The minimum atomic E-state index is -1.06. The van der Waals surface area contributed by atoms with E-state index in [1.807, 2.05) is 20.8 Å². The highest BCUT2D eigenvalue weighted by atomic mass is 16.7. The third-order valence-corrected chi connectivity index (χ3v) is 7.01. The zero-order valence-electron chi connectivity index (χ0n) is 25.7. The van der Waals surface area contributed by atoms with E-state index in [0.29, 0.717) is 24.8 Å². The lowest BCUT2D eigenvalue weighted by Crippen LogP contribution is -2.37. The van der Waals surface area contributed by atoms with Crippen molar-refractivity contribution in [3.8, 4) is 11.5 Å². The molecule has 2 N–H and O–H groups in total. The third kappa shape index (κ3) is 10.8. The summed E-state index contributed by atoms with van der Waals surface area (Å²) in [4.78, 5) is 50.0. The minimum absolute atomic E-state index is 0.0511. The molecule has 10 heteroatoms. The molecule has 0 amide bonds. The first-order valence-corrected chi connectivity index (χ1v) is 13.8. The van der Waals surface area contributed by atoms with E-state index in [2.05, 4.69) is 0 Å². The lowest BCUT2D eigenvalue weighted by Gasteiger charge is -2.24. The Labute approximate surface area is 238 Å². The van der Waals surface area contributed by atoms with E-state index in [9.17, 15) is 19.2 Å². The zero-order valence-corrected chi connectivity index (χ0v) is 25.7. The maximum atomic E-state index is 12.8. The number of hydrogen-bond acceptors (Lipinski definition) is 10. The molecule has 0 spiro atoms. The van der Waals surface area contributed by atoms with Gasteiger partial charge in [-0.05, 0) is 91.8 Å². The Morgan fingerprint density at radius 2 is 1.35 bits per heavy atom.